The van der Waals surface area contributed by atoms with E-state index in [2.05, 4.69) is 10.3 Å². The highest BCUT2D eigenvalue weighted by molar-refractivity contribution is 5.83. The first-order valence-electron chi connectivity index (χ1n) is 7.17. The van der Waals surface area contributed by atoms with Gasteiger partial charge in [-0.3, -0.25) is 9.79 Å². The molecule has 0 aromatic heterocycles. The number of hydrogen-bond acceptors (Lipinski definition) is 4. The number of carbonyl (C=O) groups excluding carboxylic acids is 2. The van der Waals surface area contributed by atoms with Gasteiger partial charge in [-0.2, -0.15) is 0 Å². The fourth-order valence-corrected chi connectivity index (χ4v) is 2.45. The third-order valence-corrected chi connectivity index (χ3v) is 3.41. The number of fused-ring (bicyclic) bond motifs is 1. The number of ether oxygens (including phenoxy) is 1. The van der Waals surface area contributed by atoms with E-state index >= 15 is 0 Å². The van der Waals surface area contributed by atoms with E-state index in [1.807, 2.05) is 24.3 Å². The van der Waals surface area contributed by atoms with Crippen LogP contribution in [0, 0.1) is 0 Å². The van der Waals surface area contributed by atoms with Crippen LogP contribution in [0.4, 0.5) is 0 Å². The maximum atomic E-state index is 11.9. The summed E-state index contributed by atoms with van der Waals surface area (Å²) >= 11 is 0. The quantitative estimate of drug-likeness (QED) is 0.767. The van der Waals surface area contributed by atoms with Crippen LogP contribution < -0.4 is 15.9 Å². The first kappa shape index (κ1) is 15.2. The van der Waals surface area contributed by atoms with Crippen LogP contribution in [0.1, 0.15) is 26.7 Å². The lowest BCUT2D eigenvalue weighted by Crippen LogP contribution is -2.41. The number of para-hydroxylation sites is 1. The van der Waals surface area contributed by atoms with Gasteiger partial charge in [-0.05, 0) is 31.4 Å². The molecule has 0 aliphatic carbocycles. The van der Waals surface area contributed by atoms with Gasteiger partial charge in [0.25, 0.3) is 0 Å². The van der Waals surface area contributed by atoms with Crippen LogP contribution in [-0.2, 0) is 14.3 Å². The molecule has 1 amide bonds. The third kappa shape index (κ3) is 3.90. The molecule has 21 heavy (non-hydrogen) atoms. The molecular weight excluding hydrogens is 268 g/mol. The Kier molecular flexibility index (Phi) is 5.09. The van der Waals surface area contributed by atoms with Crippen molar-refractivity contribution in [3.63, 3.8) is 0 Å². The van der Waals surface area contributed by atoms with Crippen LogP contribution in [0.3, 0.4) is 0 Å². The average Bonchev–Trinajstić information content (AvgIpc) is 2.86. The third-order valence-electron chi connectivity index (χ3n) is 3.41. The van der Waals surface area contributed by atoms with Gasteiger partial charge in [0.15, 0.2) is 0 Å². The smallest absolute Gasteiger partial charge is 0.328 e. The number of amides is 1. The van der Waals surface area contributed by atoms with Gasteiger partial charge >= 0.3 is 5.97 Å². The fourth-order valence-electron chi connectivity index (χ4n) is 2.45. The normalized spacial score (nSPS) is 14.1. The first-order chi connectivity index (χ1) is 10.1. The van der Waals surface area contributed by atoms with Crippen LogP contribution >= 0.6 is 0 Å². The molecule has 1 aliphatic heterocycles. The van der Waals surface area contributed by atoms with E-state index in [1.54, 1.807) is 6.92 Å². The van der Waals surface area contributed by atoms with Gasteiger partial charge in [0.05, 0.1) is 18.5 Å². The van der Waals surface area contributed by atoms with Crippen molar-refractivity contribution >= 4 is 17.4 Å². The van der Waals surface area contributed by atoms with E-state index in [0.717, 1.165) is 10.6 Å². The molecule has 0 saturated carbocycles. The second-order valence-corrected chi connectivity index (χ2v) is 4.98. The summed E-state index contributed by atoms with van der Waals surface area (Å²) in [5.74, 6) is -0.605. The van der Waals surface area contributed by atoms with Gasteiger partial charge in [0.2, 0.25) is 5.91 Å². The second kappa shape index (κ2) is 7.02. The Hall–Kier alpha value is -2.17. The highest BCUT2D eigenvalue weighted by Crippen LogP contribution is 2.11. The zero-order chi connectivity index (χ0) is 15.2. The Morgan fingerprint density at radius 2 is 2.14 bits per heavy atom. The zero-order valence-electron chi connectivity index (χ0n) is 12.4. The van der Waals surface area contributed by atoms with Crippen molar-refractivity contribution in [3.05, 3.63) is 34.8 Å². The molecule has 0 unspecified atom stereocenters. The molecule has 1 aromatic carbocycles. The molecule has 112 valence electrons. The van der Waals surface area contributed by atoms with Gasteiger partial charge in [-0.25, -0.2) is 4.79 Å². The summed E-state index contributed by atoms with van der Waals surface area (Å²) in [5.41, 5.74) is 1.20. The highest BCUT2D eigenvalue weighted by Gasteiger charge is 2.21. The van der Waals surface area contributed by atoms with Gasteiger partial charge in [0, 0.05) is 12.1 Å². The topological polar surface area (TPSA) is 67.8 Å². The number of carbonyl (C=O) groups is 2. The Bertz CT molecular complexity index is 652. The Balaban J connectivity index is 2.08. The van der Waals surface area contributed by atoms with Gasteiger partial charge < -0.3 is 10.1 Å². The molecule has 0 bridgehead atoms. The number of rotatable bonds is 6. The second-order valence-electron chi connectivity index (χ2n) is 4.98. The summed E-state index contributed by atoms with van der Waals surface area (Å²) in [6.07, 6.45) is 1.24. The van der Waals surface area contributed by atoms with E-state index in [-0.39, 0.29) is 11.9 Å². The van der Waals surface area contributed by atoms with Crippen LogP contribution in [-0.4, -0.2) is 31.1 Å². The number of esters is 1. The van der Waals surface area contributed by atoms with E-state index in [1.165, 1.54) is 12.5 Å². The molecule has 1 atom stereocenters. The number of hydrogen-bond donors (Lipinski definition) is 1. The van der Waals surface area contributed by atoms with Gasteiger partial charge in [-0.15, -0.1) is 0 Å². The minimum absolute atomic E-state index is 0.227. The molecule has 0 spiro atoms. The maximum absolute atomic E-state index is 11.9. The molecule has 1 heterocycles. The largest absolute Gasteiger partial charge is 0.464 e. The standard InChI is InChI=1S/C16H20N2O3/c1-3-21-16(20)15(18-11(2)19)9-8-12-10-17-14-7-5-4-6-13(12)14/h4-7,15H,3,8-10H2,1-2H3,(H,18,19)/t15-/m0/s1. The molecule has 0 radical (unpaired) electrons. The maximum Gasteiger partial charge on any atom is 0.328 e. The van der Waals surface area contributed by atoms with Crippen molar-refractivity contribution in [2.45, 2.75) is 32.7 Å². The first-order valence-corrected chi connectivity index (χ1v) is 7.17. The molecule has 5 nitrogen and oxygen atoms in total. The average molecular weight is 288 g/mol. The summed E-state index contributed by atoms with van der Waals surface area (Å²) in [6, 6.07) is 7.38. The summed E-state index contributed by atoms with van der Waals surface area (Å²) in [7, 11) is 0. The monoisotopic (exact) mass is 288 g/mol. The minimum atomic E-state index is -0.595. The van der Waals surface area contributed by atoms with Crippen LogP contribution in [0.15, 0.2) is 29.3 Å². The van der Waals surface area contributed by atoms with Crippen molar-refractivity contribution in [1.82, 2.24) is 5.32 Å². The lowest BCUT2D eigenvalue weighted by Gasteiger charge is -2.16. The van der Waals surface area contributed by atoms with Crippen molar-refractivity contribution in [1.29, 1.82) is 0 Å². The SMILES string of the molecule is CCOC(=O)[C@H](CCC1=c2ccccc2=NC1)NC(C)=O. The summed E-state index contributed by atoms with van der Waals surface area (Å²) in [5, 5.41) is 4.80. The molecule has 1 aromatic rings. The van der Waals surface area contributed by atoms with Crippen LogP contribution in [0.2, 0.25) is 0 Å². The van der Waals surface area contributed by atoms with Gasteiger partial charge in [-0.1, -0.05) is 18.2 Å². The van der Waals surface area contributed by atoms with E-state index in [0.29, 0.717) is 26.0 Å². The molecule has 1 N–H and O–H groups in total. The highest BCUT2D eigenvalue weighted by atomic mass is 16.5. The van der Waals surface area contributed by atoms with Crippen LogP contribution in [0.25, 0.3) is 5.57 Å². The van der Waals surface area contributed by atoms with Crippen molar-refractivity contribution in [3.8, 4) is 0 Å². The Morgan fingerprint density at radius 1 is 1.38 bits per heavy atom. The number of nitrogens with zero attached hydrogens (tertiary/aromatic N) is 1. The lowest BCUT2D eigenvalue weighted by molar-refractivity contribution is -0.147. The predicted octanol–water partition coefficient (Wildman–Crippen LogP) is 0.318. The van der Waals surface area contributed by atoms with E-state index < -0.39 is 6.04 Å². The Morgan fingerprint density at radius 3 is 2.86 bits per heavy atom. The number of nitrogens with one attached hydrogen (secondary N) is 1. The molecule has 2 rings (SSSR count). The molecule has 1 aliphatic rings. The van der Waals surface area contributed by atoms with Crippen LogP contribution in [0.5, 0.6) is 0 Å². The van der Waals surface area contributed by atoms with Crippen molar-refractivity contribution < 1.29 is 14.3 Å². The minimum Gasteiger partial charge on any atom is -0.464 e. The molecular formula is C16H20N2O3. The van der Waals surface area contributed by atoms with E-state index in [4.69, 9.17) is 4.74 Å². The summed E-state index contributed by atoms with van der Waals surface area (Å²) in [6.45, 7) is 4.13. The molecule has 0 saturated heterocycles. The van der Waals surface area contributed by atoms with Crippen molar-refractivity contribution in [2.24, 2.45) is 4.99 Å². The Labute approximate surface area is 123 Å². The fraction of sp³-hybridized carbons (Fsp3) is 0.438. The summed E-state index contributed by atoms with van der Waals surface area (Å²) < 4.78 is 5.00. The predicted molar refractivity (Wildman–Crippen MR) is 79.0 cm³/mol. The molecule has 5 heteroatoms. The lowest BCUT2D eigenvalue weighted by atomic mass is 10.0. The van der Waals surface area contributed by atoms with Gasteiger partial charge in [0.1, 0.15) is 6.04 Å². The summed E-state index contributed by atoms with van der Waals surface area (Å²) in [4.78, 5) is 27.5. The van der Waals surface area contributed by atoms with E-state index in [9.17, 15) is 9.59 Å². The zero-order valence-corrected chi connectivity index (χ0v) is 12.4. The number of benzene rings is 1. The molecule has 0 fully saturated rings. The van der Waals surface area contributed by atoms with Crippen molar-refractivity contribution in [2.75, 3.05) is 13.2 Å².